The summed E-state index contributed by atoms with van der Waals surface area (Å²) in [4.78, 5) is 0. The first-order valence-corrected chi connectivity index (χ1v) is 11.5. The first kappa shape index (κ1) is 24.5. The van der Waals surface area contributed by atoms with Crippen LogP contribution in [-0.4, -0.2) is 25.0 Å². The monoisotopic (exact) mass is 478 g/mol. The molecule has 2 aliphatic carbocycles. The van der Waals surface area contributed by atoms with Gasteiger partial charge in [0.05, 0.1) is 6.61 Å². The Kier molecular flexibility index (Phi) is 6.85. The van der Waals surface area contributed by atoms with Crippen LogP contribution < -0.4 is 4.74 Å². The maximum absolute atomic E-state index is 15.4. The molecule has 2 aromatic rings. The molecule has 2 aliphatic rings. The summed E-state index contributed by atoms with van der Waals surface area (Å²) in [6.45, 7) is 5.49. The lowest BCUT2D eigenvalue weighted by molar-refractivity contribution is -0.0126. The van der Waals surface area contributed by atoms with Crippen molar-refractivity contribution in [1.82, 2.24) is 0 Å². The molecule has 0 spiro atoms. The number of alkyl halides is 2. The molecule has 0 saturated carbocycles. The van der Waals surface area contributed by atoms with E-state index in [4.69, 9.17) is 9.47 Å². The highest BCUT2D eigenvalue weighted by molar-refractivity contribution is 5.86. The quantitative estimate of drug-likeness (QED) is 0.388. The third-order valence-corrected chi connectivity index (χ3v) is 6.49. The van der Waals surface area contributed by atoms with Gasteiger partial charge in [-0.05, 0) is 68.0 Å². The minimum Gasteiger partial charge on any atom is -0.491 e. The minimum absolute atomic E-state index is 0.126. The van der Waals surface area contributed by atoms with Crippen LogP contribution in [0.4, 0.5) is 22.0 Å². The van der Waals surface area contributed by atoms with Crippen molar-refractivity contribution in [3.8, 4) is 5.75 Å². The highest BCUT2D eigenvalue weighted by Crippen LogP contribution is 2.51. The van der Waals surface area contributed by atoms with Gasteiger partial charge in [0.1, 0.15) is 17.2 Å². The van der Waals surface area contributed by atoms with E-state index in [2.05, 4.69) is 0 Å². The normalized spacial score (nSPS) is 23.9. The zero-order valence-electron chi connectivity index (χ0n) is 19.4. The molecule has 4 rings (SSSR count). The standard InChI is InChI=1S/C27H27F5O2/c1-4-33-20-11-7-15(14-19(20)28)6-8-16-9-10-17-18-12-13-27(3,34-5-2)26(32)22(18)25(31)24(30)21(17)23(16)29/h7,9-12,14,24-25H,4-6,8,13H2,1-3H3. The lowest BCUT2D eigenvalue weighted by Crippen LogP contribution is -2.36. The Bertz CT molecular complexity index is 1160. The van der Waals surface area contributed by atoms with Gasteiger partial charge in [0.15, 0.2) is 23.9 Å². The van der Waals surface area contributed by atoms with E-state index >= 15 is 17.6 Å². The predicted octanol–water partition coefficient (Wildman–Crippen LogP) is 7.32. The number of allylic oxidation sites excluding steroid dienone is 2. The van der Waals surface area contributed by atoms with E-state index in [1.807, 2.05) is 0 Å². The Balaban J connectivity index is 1.64. The first-order chi connectivity index (χ1) is 16.2. The second-order valence-corrected chi connectivity index (χ2v) is 8.71. The molecule has 0 radical (unpaired) electrons. The van der Waals surface area contributed by atoms with Gasteiger partial charge < -0.3 is 9.47 Å². The SMILES string of the molecule is CCOc1ccc(CCc2ccc3c(c2F)C(F)C(F)C2=C(F)C(C)(OCC)CC=C23)cc1F. The van der Waals surface area contributed by atoms with E-state index in [1.54, 1.807) is 26.0 Å². The Labute approximate surface area is 196 Å². The second-order valence-electron chi connectivity index (χ2n) is 8.71. The van der Waals surface area contributed by atoms with Gasteiger partial charge in [-0.15, -0.1) is 0 Å². The van der Waals surface area contributed by atoms with Gasteiger partial charge in [-0.2, -0.15) is 0 Å². The van der Waals surface area contributed by atoms with Crippen LogP contribution >= 0.6 is 0 Å². The van der Waals surface area contributed by atoms with E-state index in [0.717, 1.165) is 0 Å². The topological polar surface area (TPSA) is 18.5 Å². The molecule has 0 aromatic heterocycles. The number of benzene rings is 2. The first-order valence-electron chi connectivity index (χ1n) is 11.5. The van der Waals surface area contributed by atoms with Crippen molar-refractivity contribution >= 4 is 5.57 Å². The highest BCUT2D eigenvalue weighted by Gasteiger charge is 2.46. The molecule has 34 heavy (non-hydrogen) atoms. The maximum atomic E-state index is 15.4. The Morgan fingerprint density at radius 2 is 1.74 bits per heavy atom. The van der Waals surface area contributed by atoms with Crippen molar-refractivity contribution in [2.24, 2.45) is 0 Å². The van der Waals surface area contributed by atoms with Crippen LogP contribution in [0.1, 0.15) is 55.6 Å². The molecule has 2 nitrogen and oxygen atoms in total. The highest BCUT2D eigenvalue weighted by atomic mass is 19.2. The average molecular weight is 479 g/mol. The molecule has 182 valence electrons. The molecule has 0 amide bonds. The summed E-state index contributed by atoms with van der Waals surface area (Å²) in [5.74, 6) is -2.08. The van der Waals surface area contributed by atoms with E-state index in [9.17, 15) is 4.39 Å². The number of rotatable bonds is 7. The van der Waals surface area contributed by atoms with E-state index in [0.29, 0.717) is 18.6 Å². The van der Waals surface area contributed by atoms with Crippen molar-refractivity contribution in [1.29, 1.82) is 0 Å². The third-order valence-electron chi connectivity index (χ3n) is 6.49. The van der Waals surface area contributed by atoms with Crippen molar-refractivity contribution < 1.29 is 31.4 Å². The summed E-state index contributed by atoms with van der Waals surface area (Å²) < 4.78 is 85.7. The summed E-state index contributed by atoms with van der Waals surface area (Å²) in [7, 11) is 0. The summed E-state index contributed by atoms with van der Waals surface area (Å²) in [5.41, 5.74) is -1.05. The smallest absolute Gasteiger partial charge is 0.165 e. The van der Waals surface area contributed by atoms with Gasteiger partial charge in [-0.3, -0.25) is 0 Å². The zero-order chi connectivity index (χ0) is 24.6. The van der Waals surface area contributed by atoms with Crippen LogP contribution in [0.25, 0.3) is 5.57 Å². The van der Waals surface area contributed by atoms with Crippen LogP contribution in [0.2, 0.25) is 0 Å². The molecule has 0 heterocycles. The predicted molar refractivity (Wildman–Crippen MR) is 121 cm³/mol. The van der Waals surface area contributed by atoms with Gasteiger partial charge in [0, 0.05) is 24.2 Å². The van der Waals surface area contributed by atoms with Crippen molar-refractivity contribution in [2.45, 2.75) is 58.0 Å². The number of fused-ring (bicyclic) bond motifs is 3. The third kappa shape index (κ3) is 4.15. The minimum atomic E-state index is -2.35. The van der Waals surface area contributed by atoms with Gasteiger partial charge in [0.25, 0.3) is 0 Å². The van der Waals surface area contributed by atoms with Crippen LogP contribution in [0.15, 0.2) is 47.8 Å². The Morgan fingerprint density at radius 3 is 2.41 bits per heavy atom. The number of halogens is 5. The fraction of sp³-hybridized carbons (Fsp3) is 0.407. The van der Waals surface area contributed by atoms with Crippen molar-refractivity contribution in [3.63, 3.8) is 0 Å². The van der Waals surface area contributed by atoms with Crippen molar-refractivity contribution in [3.05, 3.63) is 81.7 Å². The molecule has 0 N–H and O–H groups in total. The van der Waals surface area contributed by atoms with Crippen LogP contribution in [-0.2, 0) is 17.6 Å². The summed E-state index contributed by atoms with van der Waals surface area (Å²) in [5, 5.41) is 0. The number of hydrogen-bond acceptors (Lipinski definition) is 2. The molecule has 3 atom stereocenters. The maximum Gasteiger partial charge on any atom is 0.165 e. The van der Waals surface area contributed by atoms with Crippen LogP contribution in [0.5, 0.6) is 5.75 Å². The average Bonchev–Trinajstić information content (AvgIpc) is 2.80. The van der Waals surface area contributed by atoms with Crippen molar-refractivity contribution in [2.75, 3.05) is 13.2 Å². The Morgan fingerprint density at radius 1 is 0.971 bits per heavy atom. The summed E-state index contributed by atoms with van der Waals surface area (Å²) >= 11 is 0. The second kappa shape index (κ2) is 9.53. The Hall–Kier alpha value is -2.67. The molecule has 7 heteroatoms. The molecular weight excluding hydrogens is 451 g/mol. The fourth-order valence-corrected chi connectivity index (χ4v) is 4.74. The summed E-state index contributed by atoms with van der Waals surface area (Å²) in [6, 6.07) is 7.52. The number of ether oxygens (including phenoxy) is 2. The van der Waals surface area contributed by atoms with Crippen LogP contribution in [0.3, 0.4) is 0 Å². The van der Waals surface area contributed by atoms with Gasteiger partial charge in [-0.25, -0.2) is 22.0 Å². The lowest BCUT2D eigenvalue weighted by Gasteiger charge is -2.38. The van der Waals surface area contributed by atoms with E-state index in [-0.39, 0.29) is 41.9 Å². The lowest BCUT2D eigenvalue weighted by atomic mass is 9.74. The number of aryl methyl sites for hydroxylation is 2. The summed E-state index contributed by atoms with van der Waals surface area (Å²) in [6.07, 6.45) is -2.52. The molecule has 2 aromatic carbocycles. The molecule has 3 unspecified atom stereocenters. The fourth-order valence-electron chi connectivity index (χ4n) is 4.74. The largest absolute Gasteiger partial charge is 0.491 e. The molecule has 0 bridgehead atoms. The van der Waals surface area contributed by atoms with Gasteiger partial charge >= 0.3 is 0 Å². The molecule has 0 saturated heterocycles. The molecule has 0 aliphatic heterocycles. The van der Waals surface area contributed by atoms with E-state index < -0.39 is 46.5 Å². The molecular formula is C27H27F5O2. The molecule has 0 fully saturated rings. The van der Waals surface area contributed by atoms with E-state index in [1.165, 1.54) is 31.2 Å². The number of hydrogen-bond donors (Lipinski definition) is 0. The van der Waals surface area contributed by atoms with Gasteiger partial charge in [-0.1, -0.05) is 24.3 Å². The zero-order valence-corrected chi connectivity index (χ0v) is 19.4. The van der Waals surface area contributed by atoms with Crippen LogP contribution in [0, 0.1) is 11.6 Å². The van der Waals surface area contributed by atoms with Gasteiger partial charge in [0.2, 0.25) is 0 Å².